The van der Waals surface area contributed by atoms with Crippen LogP contribution in [0, 0.1) is 11.6 Å². The highest BCUT2D eigenvalue weighted by Gasteiger charge is 2.13. The largest absolute Gasteiger partial charge is 0.478 e. The number of halogens is 2. The maximum absolute atomic E-state index is 14.3. The van der Waals surface area contributed by atoms with Gasteiger partial charge in [0.05, 0.1) is 0 Å². The number of carboxylic acid groups (broad SMARTS) is 1. The van der Waals surface area contributed by atoms with E-state index >= 15 is 0 Å². The monoisotopic (exact) mass is 429 g/mol. The highest BCUT2D eigenvalue weighted by Crippen LogP contribution is 2.26. The lowest BCUT2D eigenvalue weighted by Gasteiger charge is -2.18. The Morgan fingerprint density at radius 3 is 2.32 bits per heavy atom. The summed E-state index contributed by atoms with van der Waals surface area (Å²) in [5, 5.41) is 8.65. The molecule has 0 aromatic heterocycles. The maximum Gasteiger partial charge on any atom is 0.328 e. The Morgan fingerprint density at radius 2 is 1.68 bits per heavy atom. The van der Waals surface area contributed by atoms with Crippen LogP contribution in [0.4, 0.5) is 8.78 Å². The van der Waals surface area contributed by atoms with E-state index in [4.69, 9.17) is 5.11 Å². The highest BCUT2D eigenvalue weighted by atomic mass is 19.1. The summed E-state index contributed by atoms with van der Waals surface area (Å²) in [5.41, 5.74) is 1.42. The lowest BCUT2D eigenvalue weighted by molar-refractivity contribution is -0.131. The Hall–Kier alpha value is -3.02. The number of nitrogens with zero attached hydrogens (tertiary/aromatic N) is 1. The molecular weight excluding hydrogens is 400 g/mol. The Labute approximate surface area is 182 Å². The van der Waals surface area contributed by atoms with Crippen LogP contribution < -0.4 is 0 Å². The number of hydrogen-bond donors (Lipinski definition) is 1. The predicted molar refractivity (Wildman–Crippen MR) is 118 cm³/mol. The number of unbranched alkanes of at least 4 members (excludes halogenated alkanes) is 4. The molecule has 0 saturated carbocycles. The molecule has 0 aliphatic carbocycles. The van der Waals surface area contributed by atoms with Gasteiger partial charge in [0, 0.05) is 31.7 Å². The van der Waals surface area contributed by atoms with E-state index in [1.807, 2.05) is 6.07 Å². The molecule has 0 saturated heterocycles. The standard InChI is InChI=1S/C25H29F2NO3/c1-3-4-5-6-7-11-24(29)28(2)17-18-9-8-10-19(14-18)20-15-22(26)21(23(27)16-20)12-13-25(30)31/h8-10,12-16H,3-7,11,17H2,1-2H3,(H,30,31)/b13-12+. The minimum Gasteiger partial charge on any atom is -0.478 e. The van der Waals surface area contributed by atoms with Crippen LogP contribution in [0.15, 0.2) is 42.5 Å². The molecule has 1 N–H and O–H groups in total. The van der Waals surface area contributed by atoms with Crippen LogP contribution in [0.2, 0.25) is 0 Å². The second kappa shape index (κ2) is 12.0. The van der Waals surface area contributed by atoms with Gasteiger partial charge in [-0.1, -0.05) is 50.8 Å². The normalized spacial score (nSPS) is 11.1. The van der Waals surface area contributed by atoms with Gasteiger partial charge in [-0.3, -0.25) is 4.79 Å². The lowest BCUT2D eigenvalue weighted by atomic mass is 10.0. The number of hydrogen-bond acceptors (Lipinski definition) is 2. The second-order valence-corrected chi connectivity index (χ2v) is 7.64. The van der Waals surface area contributed by atoms with Crippen molar-refractivity contribution in [2.45, 2.75) is 52.0 Å². The van der Waals surface area contributed by atoms with Crippen molar-refractivity contribution in [3.8, 4) is 11.1 Å². The second-order valence-electron chi connectivity index (χ2n) is 7.64. The molecule has 2 rings (SSSR count). The van der Waals surface area contributed by atoms with Crippen LogP contribution in [0.3, 0.4) is 0 Å². The van der Waals surface area contributed by atoms with Gasteiger partial charge in [0.2, 0.25) is 5.91 Å². The molecule has 4 nitrogen and oxygen atoms in total. The van der Waals surface area contributed by atoms with E-state index in [2.05, 4.69) is 6.92 Å². The molecule has 0 heterocycles. The van der Waals surface area contributed by atoms with E-state index in [0.29, 0.717) is 30.2 Å². The first-order chi connectivity index (χ1) is 14.8. The van der Waals surface area contributed by atoms with Crippen LogP contribution in [-0.4, -0.2) is 28.9 Å². The number of rotatable bonds is 11. The van der Waals surface area contributed by atoms with Gasteiger partial charge in [0.15, 0.2) is 0 Å². The zero-order valence-electron chi connectivity index (χ0n) is 18.0. The van der Waals surface area contributed by atoms with Crippen molar-refractivity contribution in [1.82, 2.24) is 4.90 Å². The smallest absolute Gasteiger partial charge is 0.328 e. The van der Waals surface area contributed by atoms with Gasteiger partial charge in [0.1, 0.15) is 11.6 Å². The van der Waals surface area contributed by atoms with Gasteiger partial charge in [0.25, 0.3) is 0 Å². The van der Waals surface area contributed by atoms with Crippen molar-refractivity contribution in [3.63, 3.8) is 0 Å². The van der Waals surface area contributed by atoms with Crippen molar-refractivity contribution < 1.29 is 23.5 Å². The summed E-state index contributed by atoms with van der Waals surface area (Å²) in [7, 11) is 1.75. The van der Waals surface area contributed by atoms with Crippen LogP contribution >= 0.6 is 0 Å². The molecule has 166 valence electrons. The first kappa shape index (κ1) is 24.3. The van der Waals surface area contributed by atoms with Crippen molar-refractivity contribution in [2.24, 2.45) is 0 Å². The Morgan fingerprint density at radius 1 is 1.00 bits per heavy atom. The molecule has 0 unspecified atom stereocenters. The first-order valence-electron chi connectivity index (χ1n) is 10.5. The molecule has 0 radical (unpaired) electrons. The van der Waals surface area contributed by atoms with Crippen LogP contribution in [0.1, 0.15) is 56.6 Å². The fourth-order valence-electron chi connectivity index (χ4n) is 3.35. The molecule has 0 spiro atoms. The Kier molecular flexibility index (Phi) is 9.38. The van der Waals surface area contributed by atoms with Crippen LogP contribution in [0.5, 0.6) is 0 Å². The number of amides is 1. The van der Waals surface area contributed by atoms with E-state index in [-0.39, 0.29) is 5.91 Å². The van der Waals surface area contributed by atoms with Gasteiger partial charge >= 0.3 is 5.97 Å². The summed E-state index contributed by atoms with van der Waals surface area (Å²) < 4.78 is 28.6. The van der Waals surface area contributed by atoms with Crippen molar-refractivity contribution in [1.29, 1.82) is 0 Å². The number of carboxylic acids is 1. The summed E-state index contributed by atoms with van der Waals surface area (Å²) in [5.74, 6) is -2.88. The molecule has 0 bridgehead atoms. The van der Waals surface area contributed by atoms with E-state index in [0.717, 1.165) is 30.9 Å². The molecule has 2 aromatic carbocycles. The third kappa shape index (κ3) is 7.63. The van der Waals surface area contributed by atoms with Gasteiger partial charge in [-0.25, -0.2) is 13.6 Å². The van der Waals surface area contributed by atoms with Crippen molar-refractivity contribution in [3.05, 3.63) is 65.2 Å². The maximum atomic E-state index is 14.3. The molecule has 0 fully saturated rings. The lowest BCUT2D eigenvalue weighted by Crippen LogP contribution is -2.25. The molecule has 2 aromatic rings. The quantitative estimate of drug-likeness (QED) is 0.349. The molecule has 1 amide bonds. The van der Waals surface area contributed by atoms with Gasteiger partial charge in [-0.2, -0.15) is 0 Å². The zero-order valence-corrected chi connectivity index (χ0v) is 18.0. The molecule has 31 heavy (non-hydrogen) atoms. The number of carbonyl (C=O) groups excluding carboxylic acids is 1. The SMILES string of the molecule is CCCCCCCC(=O)N(C)Cc1cccc(-c2cc(F)c(/C=C/C(=O)O)c(F)c2)c1. The predicted octanol–water partition coefficient (Wildman–Crippen LogP) is 6.05. The summed E-state index contributed by atoms with van der Waals surface area (Å²) in [6.07, 6.45) is 7.54. The van der Waals surface area contributed by atoms with E-state index in [1.54, 1.807) is 30.1 Å². The van der Waals surface area contributed by atoms with E-state index in [9.17, 15) is 18.4 Å². The summed E-state index contributed by atoms with van der Waals surface area (Å²) >= 11 is 0. The molecule has 0 aliphatic rings. The number of aliphatic carboxylic acids is 1. The average molecular weight is 430 g/mol. The molecule has 6 heteroatoms. The van der Waals surface area contributed by atoms with Crippen LogP contribution in [-0.2, 0) is 16.1 Å². The zero-order chi connectivity index (χ0) is 22.8. The summed E-state index contributed by atoms with van der Waals surface area (Å²) in [4.78, 5) is 24.6. The van der Waals surface area contributed by atoms with E-state index < -0.39 is 23.2 Å². The summed E-state index contributed by atoms with van der Waals surface area (Å²) in [6.45, 7) is 2.56. The van der Waals surface area contributed by atoms with Crippen molar-refractivity contribution in [2.75, 3.05) is 7.05 Å². The van der Waals surface area contributed by atoms with E-state index in [1.165, 1.54) is 25.0 Å². The van der Waals surface area contributed by atoms with Crippen LogP contribution in [0.25, 0.3) is 17.2 Å². The third-order valence-corrected chi connectivity index (χ3v) is 5.07. The topological polar surface area (TPSA) is 57.6 Å². The first-order valence-corrected chi connectivity index (χ1v) is 10.5. The number of benzene rings is 2. The molecule has 0 atom stereocenters. The highest BCUT2D eigenvalue weighted by molar-refractivity contribution is 5.85. The fourth-order valence-corrected chi connectivity index (χ4v) is 3.35. The summed E-state index contributed by atoms with van der Waals surface area (Å²) in [6, 6.07) is 9.53. The number of carbonyl (C=O) groups is 2. The van der Waals surface area contributed by atoms with Gasteiger partial charge < -0.3 is 10.0 Å². The fraction of sp³-hybridized carbons (Fsp3) is 0.360. The average Bonchev–Trinajstić information content (AvgIpc) is 2.72. The molecule has 0 aliphatic heterocycles. The Bertz CT molecular complexity index is 917. The third-order valence-electron chi connectivity index (χ3n) is 5.07. The minimum absolute atomic E-state index is 0.0774. The minimum atomic E-state index is -1.28. The Balaban J connectivity index is 2.08. The molecular formula is C25H29F2NO3. The van der Waals surface area contributed by atoms with Gasteiger partial charge in [-0.05, 0) is 47.4 Å². The van der Waals surface area contributed by atoms with Gasteiger partial charge in [-0.15, -0.1) is 0 Å². The van der Waals surface area contributed by atoms with Crippen molar-refractivity contribution >= 4 is 18.0 Å².